The van der Waals surface area contributed by atoms with Crippen LogP contribution in [0.3, 0.4) is 0 Å². The van der Waals surface area contributed by atoms with Gasteiger partial charge in [-0.2, -0.15) is 0 Å². The van der Waals surface area contributed by atoms with E-state index in [-0.39, 0.29) is 12.0 Å². The highest BCUT2D eigenvalue weighted by molar-refractivity contribution is 5.76. The van der Waals surface area contributed by atoms with Gasteiger partial charge in [-0.05, 0) is 13.3 Å². The Hall–Kier alpha value is -0.610. The van der Waals surface area contributed by atoms with E-state index in [1.54, 1.807) is 0 Å². The lowest BCUT2D eigenvalue weighted by molar-refractivity contribution is -0.145. The first-order valence-electron chi connectivity index (χ1n) is 3.74. The molecule has 0 aromatic heterocycles. The zero-order chi connectivity index (χ0) is 8.10. The predicted molar refractivity (Wildman–Crippen MR) is 40.7 cm³/mol. The largest absolute Gasteiger partial charge is 0.464 e. The van der Waals surface area contributed by atoms with E-state index in [0.29, 0.717) is 26.2 Å². The number of carbonyl (C=O) groups is 1. The Labute approximate surface area is 66.3 Å². The lowest BCUT2D eigenvalue weighted by Gasteiger charge is -2.07. The summed E-state index contributed by atoms with van der Waals surface area (Å²) in [4.78, 5) is 11.1. The van der Waals surface area contributed by atoms with Gasteiger partial charge in [0.15, 0.2) is 0 Å². The molecule has 0 aromatic rings. The molecule has 0 spiro atoms. The van der Waals surface area contributed by atoms with Gasteiger partial charge >= 0.3 is 5.97 Å². The van der Waals surface area contributed by atoms with E-state index in [0.717, 1.165) is 0 Å². The van der Waals surface area contributed by atoms with Crippen LogP contribution in [0.2, 0.25) is 0 Å². The van der Waals surface area contributed by atoms with Crippen LogP contribution in [0.4, 0.5) is 0 Å². The molecule has 0 bridgehead atoms. The smallest absolute Gasteiger partial charge is 0.324 e. The van der Waals surface area contributed by atoms with Gasteiger partial charge in [-0.1, -0.05) is 0 Å². The number of hydrogen-bond acceptors (Lipinski definition) is 4. The van der Waals surface area contributed by atoms with Crippen molar-refractivity contribution >= 4 is 5.97 Å². The van der Waals surface area contributed by atoms with Crippen molar-refractivity contribution in [3.05, 3.63) is 6.92 Å². The highest BCUT2D eigenvalue weighted by atomic mass is 16.5. The van der Waals surface area contributed by atoms with Crippen LogP contribution in [-0.2, 0) is 9.53 Å². The lowest BCUT2D eigenvalue weighted by atomic mass is 10.3. The number of rotatable bonds is 3. The van der Waals surface area contributed by atoms with Gasteiger partial charge in [-0.15, -0.1) is 0 Å². The maximum Gasteiger partial charge on any atom is 0.324 e. The Kier molecular flexibility index (Phi) is 3.32. The second-order valence-corrected chi connectivity index (χ2v) is 2.41. The molecule has 0 aromatic carbocycles. The average Bonchev–Trinajstić information content (AvgIpc) is 2.52. The van der Waals surface area contributed by atoms with Gasteiger partial charge in [-0.25, -0.2) is 0 Å². The first-order valence-corrected chi connectivity index (χ1v) is 3.74. The summed E-state index contributed by atoms with van der Waals surface area (Å²) in [6.07, 6.45) is 0.631. The van der Waals surface area contributed by atoms with Crippen LogP contribution in [-0.4, -0.2) is 31.8 Å². The molecule has 1 heterocycles. The molecule has 1 rings (SSSR count). The van der Waals surface area contributed by atoms with E-state index >= 15 is 0 Å². The molecule has 0 amide bonds. The van der Waals surface area contributed by atoms with Crippen LogP contribution in [0, 0.1) is 6.92 Å². The van der Waals surface area contributed by atoms with E-state index in [1.807, 2.05) is 0 Å². The Balaban J connectivity index is 2.17. The highest BCUT2D eigenvalue weighted by Gasteiger charge is 2.22. The van der Waals surface area contributed by atoms with Crippen molar-refractivity contribution < 1.29 is 9.53 Å². The fourth-order valence-electron chi connectivity index (χ4n) is 0.924. The van der Waals surface area contributed by atoms with Crippen molar-refractivity contribution in [2.24, 2.45) is 0 Å². The van der Waals surface area contributed by atoms with Crippen LogP contribution in [0.1, 0.15) is 6.42 Å². The Morgan fingerprint density at radius 2 is 2.55 bits per heavy atom. The van der Waals surface area contributed by atoms with E-state index in [2.05, 4.69) is 17.6 Å². The molecule has 0 aliphatic carbocycles. The normalized spacial score (nSPS) is 23.5. The second-order valence-electron chi connectivity index (χ2n) is 2.41. The van der Waals surface area contributed by atoms with E-state index in [1.165, 1.54) is 0 Å². The maximum absolute atomic E-state index is 11.1. The summed E-state index contributed by atoms with van der Waals surface area (Å²) >= 11 is 0. The molecule has 1 unspecified atom stereocenters. The predicted octanol–water partition coefficient (Wildman–Crippen LogP) is -0.727. The zero-order valence-corrected chi connectivity index (χ0v) is 6.43. The zero-order valence-electron chi connectivity index (χ0n) is 6.43. The van der Waals surface area contributed by atoms with Crippen molar-refractivity contribution in [2.75, 3.05) is 19.8 Å². The van der Waals surface area contributed by atoms with Crippen LogP contribution >= 0.6 is 0 Å². The molecule has 1 atom stereocenters. The minimum atomic E-state index is -0.182. The SMILES string of the molecule is [CH2]CCOC(=O)C1CNCN1. The van der Waals surface area contributed by atoms with Gasteiger partial charge in [0.05, 0.1) is 6.61 Å². The quantitative estimate of drug-likeness (QED) is 0.530. The van der Waals surface area contributed by atoms with Crippen molar-refractivity contribution in [1.82, 2.24) is 10.6 Å². The Morgan fingerprint density at radius 3 is 3.09 bits per heavy atom. The molecule has 1 saturated heterocycles. The third-order valence-corrected chi connectivity index (χ3v) is 1.50. The van der Waals surface area contributed by atoms with E-state index in [9.17, 15) is 4.79 Å². The monoisotopic (exact) mass is 157 g/mol. The van der Waals surface area contributed by atoms with Gasteiger partial charge in [0, 0.05) is 13.2 Å². The molecule has 63 valence electrons. The molecular formula is C7H13N2O2. The molecule has 2 N–H and O–H groups in total. The maximum atomic E-state index is 11.1. The summed E-state index contributed by atoms with van der Waals surface area (Å²) in [5, 5.41) is 5.96. The number of hydrogen-bond donors (Lipinski definition) is 2. The Bertz CT molecular complexity index is 132. The van der Waals surface area contributed by atoms with Gasteiger partial charge in [0.25, 0.3) is 0 Å². The minimum Gasteiger partial charge on any atom is -0.464 e. The summed E-state index contributed by atoms with van der Waals surface area (Å²) in [6, 6.07) is -0.165. The van der Waals surface area contributed by atoms with Crippen LogP contribution in [0.15, 0.2) is 0 Å². The number of nitrogens with one attached hydrogen (secondary N) is 2. The van der Waals surface area contributed by atoms with Crippen molar-refractivity contribution in [1.29, 1.82) is 0 Å². The molecule has 11 heavy (non-hydrogen) atoms. The van der Waals surface area contributed by atoms with Crippen LogP contribution < -0.4 is 10.6 Å². The third-order valence-electron chi connectivity index (χ3n) is 1.50. The summed E-state index contributed by atoms with van der Waals surface area (Å²) < 4.78 is 4.87. The first kappa shape index (κ1) is 8.49. The van der Waals surface area contributed by atoms with Gasteiger partial charge in [0.1, 0.15) is 6.04 Å². The van der Waals surface area contributed by atoms with Crippen LogP contribution in [0.5, 0.6) is 0 Å². The molecule has 1 radical (unpaired) electrons. The molecule has 1 fully saturated rings. The summed E-state index contributed by atoms with van der Waals surface area (Å²) in [6.45, 7) is 5.33. The fourth-order valence-corrected chi connectivity index (χ4v) is 0.924. The summed E-state index contributed by atoms with van der Waals surface area (Å²) in [5.74, 6) is -0.182. The number of carbonyl (C=O) groups excluding carboxylic acids is 1. The number of ether oxygens (including phenoxy) is 1. The van der Waals surface area contributed by atoms with Crippen molar-refractivity contribution in [3.8, 4) is 0 Å². The first-order chi connectivity index (χ1) is 5.34. The average molecular weight is 157 g/mol. The fraction of sp³-hybridized carbons (Fsp3) is 0.714. The van der Waals surface area contributed by atoms with Crippen LogP contribution in [0.25, 0.3) is 0 Å². The van der Waals surface area contributed by atoms with Crippen molar-refractivity contribution in [2.45, 2.75) is 12.5 Å². The van der Waals surface area contributed by atoms with E-state index in [4.69, 9.17) is 4.74 Å². The third kappa shape index (κ3) is 2.48. The van der Waals surface area contributed by atoms with E-state index < -0.39 is 0 Å². The number of esters is 1. The van der Waals surface area contributed by atoms with Crippen molar-refractivity contribution in [3.63, 3.8) is 0 Å². The van der Waals surface area contributed by atoms with Gasteiger partial charge in [0.2, 0.25) is 0 Å². The molecular weight excluding hydrogens is 144 g/mol. The summed E-state index contributed by atoms with van der Waals surface area (Å²) in [7, 11) is 0. The molecule has 1 aliphatic rings. The summed E-state index contributed by atoms with van der Waals surface area (Å²) in [5.41, 5.74) is 0. The lowest BCUT2D eigenvalue weighted by Crippen LogP contribution is -2.34. The molecule has 1 aliphatic heterocycles. The topological polar surface area (TPSA) is 50.4 Å². The molecule has 4 nitrogen and oxygen atoms in total. The Morgan fingerprint density at radius 1 is 1.73 bits per heavy atom. The van der Waals surface area contributed by atoms with Gasteiger partial charge < -0.3 is 10.1 Å². The minimum absolute atomic E-state index is 0.165. The highest BCUT2D eigenvalue weighted by Crippen LogP contribution is 1.92. The molecule has 0 saturated carbocycles. The standard InChI is InChI=1S/C7H13N2O2/c1-2-3-11-7(10)6-4-8-5-9-6/h6,8-9H,1-5H2. The second kappa shape index (κ2) is 4.31. The van der Waals surface area contributed by atoms with Gasteiger partial charge in [-0.3, -0.25) is 10.1 Å². The molecule has 4 heteroatoms.